The quantitative estimate of drug-likeness (QED) is 0.755. The molecule has 0 saturated carbocycles. The predicted molar refractivity (Wildman–Crippen MR) is 96.8 cm³/mol. The third kappa shape index (κ3) is 4.49. The summed E-state index contributed by atoms with van der Waals surface area (Å²) in [6.07, 6.45) is 2.58. The van der Waals surface area contributed by atoms with Crippen LogP contribution in [0.15, 0.2) is 10.2 Å². The first-order valence-electron chi connectivity index (χ1n) is 8.97. The lowest BCUT2D eigenvalue weighted by atomic mass is 10.2. The molecule has 0 unspecified atom stereocenters. The van der Waals surface area contributed by atoms with Crippen LogP contribution >= 0.6 is 11.3 Å². The van der Waals surface area contributed by atoms with Gasteiger partial charge in [-0.2, -0.15) is 0 Å². The SMILES string of the molecule is Cc1csc(=O)n1CCC(=O)N1CCN(CC(=O)N2CCCC2)CC1. The number of hydrogen-bond acceptors (Lipinski definition) is 5. The largest absolute Gasteiger partial charge is 0.342 e. The Bertz CT molecular complexity index is 670. The summed E-state index contributed by atoms with van der Waals surface area (Å²) in [5.74, 6) is 0.299. The molecule has 0 aromatic carbocycles. The number of likely N-dealkylation sites (tertiary alicyclic amines) is 1. The number of rotatable bonds is 5. The smallest absolute Gasteiger partial charge is 0.307 e. The maximum Gasteiger partial charge on any atom is 0.307 e. The van der Waals surface area contributed by atoms with Crippen molar-refractivity contribution in [1.82, 2.24) is 19.3 Å². The molecule has 8 heteroatoms. The molecule has 0 bridgehead atoms. The lowest BCUT2D eigenvalue weighted by Crippen LogP contribution is -2.51. The van der Waals surface area contributed by atoms with Gasteiger partial charge in [0.2, 0.25) is 11.8 Å². The number of carbonyl (C=O) groups excluding carboxylic acids is 2. The zero-order chi connectivity index (χ0) is 17.8. The summed E-state index contributed by atoms with van der Waals surface area (Å²) in [5, 5.41) is 1.82. The molecule has 2 fully saturated rings. The Morgan fingerprint density at radius 2 is 1.64 bits per heavy atom. The van der Waals surface area contributed by atoms with Crippen molar-refractivity contribution in [3.05, 3.63) is 20.7 Å². The van der Waals surface area contributed by atoms with Crippen LogP contribution in [0.25, 0.3) is 0 Å². The second-order valence-electron chi connectivity index (χ2n) is 6.79. The van der Waals surface area contributed by atoms with E-state index in [1.165, 1.54) is 11.3 Å². The zero-order valence-corrected chi connectivity index (χ0v) is 15.6. The fourth-order valence-electron chi connectivity index (χ4n) is 3.45. The first kappa shape index (κ1) is 18.1. The monoisotopic (exact) mass is 366 g/mol. The Hall–Kier alpha value is -1.67. The Labute approximate surface area is 151 Å². The van der Waals surface area contributed by atoms with Gasteiger partial charge in [0.25, 0.3) is 0 Å². The molecule has 7 nitrogen and oxygen atoms in total. The third-order valence-electron chi connectivity index (χ3n) is 5.07. The summed E-state index contributed by atoms with van der Waals surface area (Å²) in [6, 6.07) is 0. The van der Waals surface area contributed by atoms with Crippen molar-refractivity contribution in [1.29, 1.82) is 0 Å². The van der Waals surface area contributed by atoms with Crippen LogP contribution in [0.2, 0.25) is 0 Å². The van der Waals surface area contributed by atoms with Gasteiger partial charge in [0.05, 0.1) is 6.54 Å². The van der Waals surface area contributed by atoms with E-state index < -0.39 is 0 Å². The third-order valence-corrected chi connectivity index (χ3v) is 5.95. The number of hydrogen-bond donors (Lipinski definition) is 0. The summed E-state index contributed by atoms with van der Waals surface area (Å²) in [6.45, 7) is 7.36. The molecule has 0 aliphatic carbocycles. The fraction of sp³-hybridized carbons (Fsp3) is 0.706. The van der Waals surface area contributed by atoms with Crippen molar-refractivity contribution in [3.8, 4) is 0 Å². The summed E-state index contributed by atoms with van der Waals surface area (Å²) in [5.41, 5.74) is 0.910. The molecule has 1 aromatic heterocycles. The highest BCUT2D eigenvalue weighted by Gasteiger charge is 2.25. The number of thiazole rings is 1. The second kappa shape index (κ2) is 8.14. The van der Waals surface area contributed by atoms with Gasteiger partial charge in [0, 0.05) is 63.3 Å². The number of aromatic nitrogens is 1. The molecule has 0 atom stereocenters. The molecule has 3 rings (SSSR count). The summed E-state index contributed by atoms with van der Waals surface area (Å²) in [4.78, 5) is 42.2. The van der Waals surface area contributed by atoms with Crippen LogP contribution in [0.4, 0.5) is 0 Å². The number of amides is 2. The highest BCUT2D eigenvalue weighted by molar-refractivity contribution is 7.07. The first-order chi connectivity index (χ1) is 12.0. The number of nitrogens with zero attached hydrogens (tertiary/aromatic N) is 4. The van der Waals surface area contributed by atoms with E-state index in [1.54, 1.807) is 4.57 Å². The standard InChI is InChI=1S/C17H26N4O3S/c1-14-13-25-17(24)21(14)7-4-15(22)20-10-8-18(9-11-20)12-16(23)19-5-2-3-6-19/h13H,2-12H2,1H3. The average molecular weight is 366 g/mol. The summed E-state index contributed by atoms with van der Waals surface area (Å²) in [7, 11) is 0. The lowest BCUT2D eigenvalue weighted by Gasteiger charge is -2.35. The van der Waals surface area contributed by atoms with Gasteiger partial charge in [-0.05, 0) is 19.8 Å². The molecule has 2 amide bonds. The van der Waals surface area contributed by atoms with Gasteiger partial charge in [-0.25, -0.2) is 0 Å². The van der Waals surface area contributed by atoms with E-state index in [0.29, 0.717) is 32.6 Å². The minimum Gasteiger partial charge on any atom is -0.342 e. The first-order valence-corrected chi connectivity index (χ1v) is 9.85. The molecular weight excluding hydrogens is 340 g/mol. The van der Waals surface area contributed by atoms with Gasteiger partial charge in [-0.3, -0.25) is 19.3 Å². The highest BCUT2D eigenvalue weighted by Crippen LogP contribution is 2.10. The molecule has 1 aromatic rings. The van der Waals surface area contributed by atoms with E-state index in [-0.39, 0.29) is 16.7 Å². The van der Waals surface area contributed by atoms with E-state index in [1.807, 2.05) is 22.1 Å². The molecule has 3 heterocycles. The second-order valence-corrected chi connectivity index (χ2v) is 7.61. The van der Waals surface area contributed by atoms with Gasteiger partial charge in [-0.1, -0.05) is 11.3 Å². The summed E-state index contributed by atoms with van der Waals surface area (Å²) < 4.78 is 1.66. The van der Waals surface area contributed by atoms with E-state index in [2.05, 4.69) is 4.90 Å². The molecule has 138 valence electrons. The molecule has 25 heavy (non-hydrogen) atoms. The minimum atomic E-state index is -0.00413. The van der Waals surface area contributed by atoms with Crippen molar-refractivity contribution in [2.24, 2.45) is 0 Å². The molecule has 0 spiro atoms. The van der Waals surface area contributed by atoms with Crippen LogP contribution in [0, 0.1) is 6.92 Å². The topological polar surface area (TPSA) is 65.9 Å². The van der Waals surface area contributed by atoms with Crippen molar-refractivity contribution < 1.29 is 9.59 Å². The van der Waals surface area contributed by atoms with Crippen LogP contribution in [0.1, 0.15) is 25.0 Å². The number of piperazine rings is 1. The van der Waals surface area contributed by atoms with E-state index >= 15 is 0 Å². The van der Waals surface area contributed by atoms with Crippen LogP contribution in [0.3, 0.4) is 0 Å². The van der Waals surface area contributed by atoms with Crippen molar-refractivity contribution in [2.45, 2.75) is 32.7 Å². The van der Waals surface area contributed by atoms with Gasteiger partial charge < -0.3 is 14.4 Å². The fourth-order valence-corrected chi connectivity index (χ4v) is 4.21. The Balaban J connectivity index is 1.41. The molecule has 2 aliphatic rings. The van der Waals surface area contributed by atoms with Crippen LogP contribution < -0.4 is 4.87 Å². The molecule has 2 saturated heterocycles. The highest BCUT2D eigenvalue weighted by atomic mass is 32.1. The van der Waals surface area contributed by atoms with E-state index in [0.717, 1.165) is 44.7 Å². The van der Waals surface area contributed by atoms with Crippen molar-refractivity contribution >= 4 is 23.2 Å². The molecule has 0 N–H and O–H groups in total. The van der Waals surface area contributed by atoms with Crippen LogP contribution in [-0.4, -0.2) is 76.9 Å². The minimum absolute atomic E-state index is 0.00413. The van der Waals surface area contributed by atoms with Gasteiger partial charge in [0.15, 0.2) is 0 Å². The molecule has 2 aliphatic heterocycles. The van der Waals surface area contributed by atoms with Gasteiger partial charge >= 0.3 is 4.87 Å². The van der Waals surface area contributed by atoms with Gasteiger partial charge in [0.1, 0.15) is 0 Å². The van der Waals surface area contributed by atoms with E-state index in [9.17, 15) is 14.4 Å². The molecular formula is C17H26N4O3S. The maximum atomic E-state index is 12.4. The maximum absolute atomic E-state index is 12.4. The molecule has 0 radical (unpaired) electrons. The Kier molecular flexibility index (Phi) is 5.90. The summed E-state index contributed by atoms with van der Waals surface area (Å²) >= 11 is 1.17. The Morgan fingerprint density at radius 3 is 2.24 bits per heavy atom. The average Bonchev–Trinajstić information content (AvgIpc) is 3.24. The Morgan fingerprint density at radius 1 is 1.00 bits per heavy atom. The van der Waals surface area contributed by atoms with Crippen molar-refractivity contribution in [2.75, 3.05) is 45.8 Å². The van der Waals surface area contributed by atoms with E-state index in [4.69, 9.17) is 0 Å². The lowest BCUT2D eigenvalue weighted by molar-refractivity contribution is -0.134. The van der Waals surface area contributed by atoms with Crippen LogP contribution in [-0.2, 0) is 16.1 Å². The van der Waals surface area contributed by atoms with Crippen LogP contribution in [0.5, 0.6) is 0 Å². The number of carbonyl (C=O) groups is 2. The number of aryl methyl sites for hydroxylation is 1. The predicted octanol–water partition coefficient (Wildman–Crippen LogP) is 0.375. The normalized spacial score (nSPS) is 18.8. The zero-order valence-electron chi connectivity index (χ0n) is 14.8. The van der Waals surface area contributed by atoms with Gasteiger partial charge in [-0.15, -0.1) is 0 Å². The van der Waals surface area contributed by atoms with Crippen molar-refractivity contribution in [3.63, 3.8) is 0 Å².